The van der Waals surface area contributed by atoms with E-state index in [4.69, 9.17) is 33.0 Å². The van der Waals surface area contributed by atoms with Crippen LogP contribution in [-0.4, -0.2) is 127 Å². The molecule has 2 fully saturated rings. The molecule has 3 aromatic rings. The van der Waals surface area contributed by atoms with E-state index in [1.165, 1.54) is 7.11 Å². The van der Waals surface area contributed by atoms with Crippen molar-refractivity contribution in [2.24, 2.45) is 23.8 Å². The quantitative estimate of drug-likeness (QED) is 0.154. The van der Waals surface area contributed by atoms with Crippen molar-refractivity contribution in [2.45, 2.75) is 86.3 Å². The zero-order valence-corrected chi connectivity index (χ0v) is 38.4. The highest BCUT2D eigenvalue weighted by Gasteiger charge is 2.47. The highest BCUT2D eigenvalue weighted by Crippen LogP contribution is 2.45. The van der Waals surface area contributed by atoms with Gasteiger partial charge in [0.2, 0.25) is 0 Å². The maximum atomic E-state index is 13.1. The molecule has 0 bridgehead atoms. The summed E-state index contributed by atoms with van der Waals surface area (Å²) in [5, 5.41) is 4.53. The van der Waals surface area contributed by atoms with E-state index >= 15 is 0 Å². The third-order valence-electron chi connectivity index (χ3n) is 11.1. The van der Waals surface area contributed by atoms with Crippen molar-refractivity contribution in [3.05, 3.63) is 41.6 Å². The molecular weight excluding hydrogens is 747 g/mol. The van der Waals surface area contributed by atoms with Crippen molar-refractivity contribution in [2.75, 3.05) is 58.4 Å². The van der Waals surface area contributed by atoms with Crippen molar-refractivity contribution in [1.82, 2.24) is 29.5 Å². The van der Waals surface area contributed by atoms with Crippen LogP contribution in [0, 0.1) is 30.6 Å². The highest BCUT2D eigenvalue weighted by molar-refractivity contribution is 6.26. The molecule has 0 radical (unpaired) electrons. The predicted octanol–water partition coefficient (Wildman–Crippen LogP) is 5.34. The fourth-order valence-corrected chi connectivity index (χ4v) is 9.57. The van der Waals surface area contributed by atoms with Crippen molar-refractivity contribution in [3.8, 4) is 28.5 Å². The number of ether oxygens (including phenoxy) is 3. The number of nitrogens with zero attached hydrogens (tertiary/aromatic N) is 7. The Morgan fingerprint density at radius 3 is 2.25 bits per heavy atom. The number of likely N-dealkylation sites (tertiary alicyclic amines) is 1. The van der Waals surface area contributed by atoms with Crippen LogP contribution in [0.2, 0.25) is 13.1 Å². The number of amides is 2. The molecule has 2 aliphatic heterocycles. The number of hydrogen-bond acceptors (Lipinski definition) is 11. The van der Waals surface area contributed by atoms with E-state index in [-0.39, 0.29) is 23.5 Å². The van der Waals surface area contributed by atoms with E-state index < -0.39 is 36.8 Å². The van der Waals surface area contributed by atoms with Crippen LogP contribution in [0.4, 0.5) is 15.4 Å². The van der Waals surface area contributed by atoms with E-state index in [2.05, 4.69) is 50.8 Å². The second kappa shape index (κ2) is 17.6. The third kappa shape index (κ3) is 9.75. The van der Waals surface area contributed by atoms with Crippen LogP contribution in [0.25, 0.3) is 22.8 Å². The minimum Gasteiger partial charge on any atom is -0.493 e. The van der Waals surface area contributed by atoms with Gasteiger partial charge in [-0.25, -0.2) is 19.6 Å². The molecule has 14 nitrogen and oxygen atoms in total. The summed E-state index contributed by atoms with van der Waals surface area (Å²) in [6, 6.07) is 7.89. The van der Waals surface area contributed by atoms with Gasteiger partial charge in [0.05, 0.1) is 31.3 Å². The molecule has 2 amide bonds. The van der Waals surface area contributed by atoms with Gasteiger partial charge in [0.1, 0.15) is 23.5 Å². The second-order valence-corrected chi connectivity index (χ2v) is 18.7. The molecule has 16 heteroatoms. The van der Waals surface area contributed by atoms with Gasteiger partial charge in [-0.2, -0.15) is 5.10 Å². The van der Waals surface area contributed by atoms with E-state index in [9.17, 15) is 9.59 Å². The van der Waals surface area contributed by atoms with Gasteiger partial charge in [-0.3, -0.25) is 4.68 Å². The summed E-state index contributed by atoms with van der Waals surface area (Å²) < 4.78 is 31.7. The highest BCUT2D eigenvalue weighted by atomic mass is 28.2. The van der Waals surface area contributed by atoms with Gasteiger partial charge in [0.25, 0.3) is 0 Å². The topological polar surface area (TPSA) is 134 Å². The number of anilines is 1. The fourth-order valence-electron chi connectivity index (χ4n) is 7.72. The molecule has 2 saturated heterocycles. The van der Waals surface area contributed by atoms with Crippen LogP contribution >= 0.6 is 0 Å². The number of rotatable bonds is 14. The molecule has 0 aliphatic carbocycles. The van der Waals surface area contributed by atoms with Gasteiger partial charge in [0.15, 0.2) is 25.4 Å². The first-order valence-electron chi connectivity index (χ1n) is 19.8. The Morgan fingerprint density at radius 2 is 1.68 bits per heavy atom. The second-order valence-electron chi connectivity index (χ2n) is 16.9. The summed E-state index contributed by atoms with van der Waals surface area (Å²) in [6.07, 6.45) is 2.67. The maximum absolute atomic E-state index is 13.1. The molecule has 56 heavy (non-hydrogen) atoms. The lowest BCUT2D eigenvalue weighted by molar-refractivity contribution is -0.115. The lowest BCUT2D eigenvalue weighted by atomic mass is 9.72. The van der Waals surface area contributed by atoms with Crippen LogP contribution < -0.4 is 9.64 Å². The lowest BCUT2D eigenvalue weighted by Gasteiger charge is -2.54. The fraction of sp³-hybridized carbons (Fsp3) is 0.625. The molecule has 5 rings (SSSR count). The Morgan fingerprint density at radius 1 is 1.02 bits per heavy atom. The molecule has 308 valence electrons. The predicted molar refractivity (Wildman–Crippen MR) is 223 cm³/mol. The van der Waals surface area contributed by atoms with Crippen molar-refractivity contribution >= 4 is 37.5 Å². The van der Waals surface area contributed by atoms with Crippen molar-refractivity contribution < 1.29 is 32.7 Å². The summed E-state index contributed by atoms with van der Waals surface area (Å²) >= 11 is 0. The van der Waals surface area contributed by atoms with Gasteiger partial charge in [-0.05, 0) is 65.2 Å². The number of piperidine rings is 1. The summed E-state index contributed by atoms with van der Waals surface area (Å²) in [5.41, 5.74) is 3.69. The zero-order chi connectivity index (χ0) is 41.0. The van der Waals surface area contributed by atoms with E-state index in [1.807, 2.05) is 63.0 Å². The monoisotopic (exact) mass is 809 g/mol. The number of methoxy groups -OCH3 is 1. The van der Waals surface area contributed by atoms with E-state index in [0.29, 0.717) is 37.8 Å². The molecule has 2 aromatic heterocycles. The average Bonchev–Trinajstić information content (AvgIpc) is 3.48. The Kier molecular flexibility index (Phi) is 13.6. The summed E-state index contributed by atoms with van der Waals surface area (Å²) in [5.74, 6) is 2.00. The Hall–Kier alpha value is -4.00. The summed E-state index contributed by atoms with van der Waals surface area (Å²) in [6.45, 7) is 22.0. The Bertz CT molecular complexity index is 1810. The van der Waals surface area contributed by atoms with Crippen LogP contribution in [0.15, 0.2) is 30.5 Å². The molecule has 4 heterocycles. The molecular formula is C40H63N7O7Si2. The Labute approximate surface area is 337 Å². The minimum atomic E-state index is -0.770. The third-order valence-corrected chi connectivity index (χ3v) is 12.4. The van der Waals surface area contributed by atoms with Crippen LogP contribution in [0.3, 0.4) is 0 Å². The molecule has 0 unspecified atom stereocenters. The molecule has 0 saturated carbocycles. The zero-order valence-electron chi connectivity index (χ0n) is 35.6. The molecule has 1 atom stereocenters. The number of benzene rings is 1. The van der Waals surface area contributed by atoms with E-state index in [1.54, 1.807) is 16.8 Å². The van der Waals surface area contributed by atoms with E-state index in [0.717, 1.165) is 59.8 Å². The summed E-state index contributed by atoms with van der Waals surface area (Å²) in [7, 11) is 3.60. The first-order chi connectivity index (χ1) is 26.4. The smallest absolute Gasteiger partial charge is 0.410 e. The van der Waals surface area contributed by atoms with Gasteiger partial charge >= 0.3 is 12.2 Å². The van der Waals surface area contributed by atoms with Gasteiger partial charge in [-0.1, -0.05) is 39.1 Å². The lowest BCUT2D eigenvalue weighted by Crippen LogP contribution is -2.61. The molecule has 1 aromatic carbocycles. The Balaban J connectivity index is 1.43. The standard InChI is InChI=1S/C40H63N7O7Si2/c1-26-21-41-45(9)32(26)31-27(2)34(47-24-40(25-47)16-18-46(19-17-40)37(49)50-10)43-33(42-31)28-14-13-15-30(20-28)51-23-29(22-44(8)36(48)52-38(3,4)5)39(6,7)35(53-55-11)54-56-12/h13-15,20-21,29,35H,16-19,22-25,55-56H2,1-12H3/t29-/m1/s1. The number of hydrogen-bond donors (Lipinski definition) is 0. The largest absolute Gasteiger partial charge is 0.493 e. The van der Waals surface area contributed by atoms with Gasteiger partial charge < -0.3 is 37.8 Å². The first kappa shape index (κ1) is 43.1. The summed E-state index contributed by atoms with van der Waals surface area (Å²) in [4.78, 5) is 41.4. The normalized spacial score (nSPS) is 17.1. The average molecular weight is 810 g/mol. The number of carbonyl (C=O) groups excluding carboxylic acids is 2. The van der Waals surface area contributed by atoms with Crippen LogP contribution in [0.5, 0.6) is 5.75 Å². The van der Waals surface area contributed by atoms with Crippen LogP contribution in [0.1, 0.15) is 58.6 Å². The number of carbonyl (C=O) groups is 2. The van der Waals surface area contributed by atoms with Crippen molar-refractivity contribution in [1.29, 1.82) is 0 Å². The minimum absolute atomic E-state index is 0.133. The molecule has 0 N–H and O–H groups in total. The molecule has 1 spiro atoms. The van der Waals surface area contributed by atoms with Gasteiger partial charge in [0, 0.05) is 74.7 Å². The van der Waals surface area contributed by atoms with Crippen LogP contribution in [-0.2, 0) is 25.4 Å². The maximum Gasteiger partial charge on any atom is 0.410 e. The van der Waals surface area contributed by atoms with Crippen molar-refractivity contribution in [3.63, 3.8) is 0 Å². The first-order valence-corrected chi connectivity index (χ1v) is 23.8. The number of aromatic nitrogens is 4. The SMILES string of the molecule is COC(=O)N1CCC2(CC1)CN(c1nc(-c3cccc(OC[C@@H](CN(C)C(=O)OC(C)(C)C)C(C)(C)C(O[SiH2]C)O[SiH2]C)c3)nc(-c3c(C)cnn3C)c1C)C2. The number of aryl methyl sites for hydroxylation is 2. The molecule has 2 aliphatic rings. The van der Waals surface area contributed by atoms with Gasteiger partial charge in [-0.15, -0.1) is 0 Å².